The number of nitrogens with one attached hydrogen (secondary N) is 3. The van der Waals surface area contributed by atoms with Gasteiger partial charge in [-0.2, -0.15) is 0 Å². The molecule has 1 aromatic rings. The van der Waals surface area contributed by atoms with Crippen LogP contribution in [0.15, 0.2) is 18.2 Å². The van der Waals surface area contributed by atoms with Crippen LogP contribution in [0.1, 0.15) is 31.1 Å². The van der Waals surface area contributed by atoms with Gasteiger partial charge >= 0.3 is 6.09 Å². The van der Waals surface area contributed by atoms with E-state index in [9.17, 15) is 18.9 Å². The van der Waals surface area contributed by atoms with Crippen molar-refractivity contribution in [3.63, 3.8) is 0 Å². The molecule has 22 heavy (non-hydrogen) atoms. The Labute approximate surface area is 127 Å². The quantitative estimate of drug-likeness (QED) is 0.692. The Morgan fingerprint density at radius 2 is 1.86 bits per heavy atom. The summed E-state index contributed by atoms with van der Waals surface area (Å²) < 4.78 is 18.1. The number of carbonyl (C=O) groups is 2. The zero-order valence-electron chi connectivity index (χ0n) is 12.7. The van der Waals surface area contributed by atoms with E-state index in [0.29, 0.717) is 0 Å². The smallest absolute Gasteiger partial charge is 0.407 e. The highest BCUT2D eigenvalue weighted by atomic mass is 19.1. The SMILES string of the molecule is CC(C)(C)OC(=O)NCCNC(=O)c1cc(F)ccc1[NH+]=O. The number of hydrogen-bond acceptors (Lipinski definition) is 4. The molecule has 0 aliphatic rings. The van der Waals surface area contributed by atoms with Gasteiger partial charge in [-0.15, -0.1) is 0 Å². The molecule has 0 saturated heterocycles. The highest BCUT2D eigenvalue weighted by Gasteiger charge is 2.18. The van der Waals surface area contributed by atoms with Crippen LogP contribution in [-0.4, -0.2) is 30.7 Å². The van der Waals surface area contributed by atoms with Gasteiger partial charge in [-0.3, -0.25) is 4.79 Å². The molecule has 0 atom stereocenters. The van der Waals surface area contributed by atoms with E-state index in [1.807, 2.05) is 0 Å². The molecule has 1 rings (SSSR count). The molecule has 1 aromatic carbocycles. The fourth-order valence-electron chi connectivity index (χ4n) is 1.54. The lowest BCUT2D eigenvalue weighted by Crippen LogP contribution is -2.57. The van der Waals surface area contributed by atoms with E-state index in [1.54, 1.807) is 25.9 Å². The first-order valence-corrected chi connectivity index (χ1v) is 6.65. The maximum absolute atomic E-state index is 13.1. The summed E-state index contributed by atoms with van der Waals surface area (Å²) in [5.74, 6) is -1.25. The number of carbonyl (C=O) groups excluding carboxylic acids is 2. The molecule has 0 bridgehead atoms. The Bertz CT molecular complexity index is 570. The van der Waals surface area contributed by atoms with E-state index < -0.39 is 23.4 Å². The first-order valence-electron chi connectivity index (χ1n) is 6.65. The van der Waals surface area contributed by atoms with Crippen molar-refractivity contribution in [1.82, 2.24) is 10.6 Å². The van der Waals surface area contributed by atoms with Crippen molar-refractivity contribution in [1.29, 1.82) is 0 Å². The number of nitroso groups, excluding NO2 is 1. The highest BCUT2D eigenvalue weighted by Crippen LogP contribution is 2.11. The van der Waals surface area contributed by atoms with Crippen molar-refractivity contribution < 1.29 is 23.9 Å². The lowest BCUT2D eigenvalue weighted by atomic mass is 10.1. The predicted octanol–water partition coefficient (Wildman–Crippen LogP) is 0.559. The standard InChI is InChI=1S/C14H18FN3O4/c1-14(2,3)22-13(20)17-7-6-16-12(19)10-8-9(15)4-5-11(10)18-21/h4-5,8H,6-7H2,1-3H3,(H,16,19)(H,17,20)/p+1. The number of amides is 2. The molecule has 0 aliphatic carbocycles. The lowest BCUT2D eigenvalue weighted by molar-refractivity contribution is -0.379. The zero-order chi connectivity index (χ0) is 16.8. The summed E-state index contributed by atoms with van der Waals surface area (Å²) in [6.45, 7) is 5.43. The maximum Gasteiger partial charge on any atom is 0.407 e. The van der Waals surface area contributed by atoms with E-state index in [-0.39, 0.29) is 24.3 Å². The Morgan fingerprint density at radius 3 is 2.45 bits per heavy atom. The van der Waals surface area contributed by atoms with Crippen molar-refractivity contribution in [2.75, 3.05) is 13.1 Å². The van der Waals surface area contributed by atoms with Gasteiger partial charge in [-0.1, -0.05) is 0 Å². The summed E-state index contributed by atoms with van der Waals surface area (Å²) in [4.78, 5) is 33.9. The van der Waals surface area contributed by atoms with Crippen LogP contribution < -0.4 is 15.8 Å². The number of alkyl carbamates (subject to hydrolysis) is 1. The highest BCUT2D eigenvalue weighted by molar-refractivity contribution is 5.97. The molecule has 8 heteroatoms. The summed E-state index contributed by atoms with van der Waals surface area (Å²) >= 11 is 0. The molecule has 0 radical (unpaired) electrons. The fraction of sp³-hybridized carbons (Fsp3) is 0.429. The number of benzene rings is 1. The van der Waals surface area contributed by atoms with Crippen molar-refractivity contribution >= 4 is 17.7 Å². The number of ether oxygens (including phenoxy) is 1. The van der Waals surface area contributed by atoms with Crippen LogP contribution in [-0.2, 0) is 4.74 Å². The first-order chi connectivity index (χ1) is 10.2. The van der Waals surface area contributed by atoms with Crippen LogP contribution in [0.2, 0.25) is 0 Å². The molecule has 0 aromatic heterocycles. The minimum atomic E-state index is -0.629. The Balaban J connectivity index is 2.46. The van der Waals surface area contributed by atoms with Gasteiger partial charge in [0.05, 0.1) is 0 Å². The van der Waals surface area contributed by atoms with Crippen LogP contribution in [0, 0.1) is 10.7 Å². The Morgan fingerprint density at radius 1 is 1.23 bits per heavy atom. The summed E-state index contributed by atoms with van der Waals surface area (Å²) in [6.07, 6.45) is -0.602. The van der Waals surface area contributed by atoms with Crippen LogP contribution in [0.5, 0.6) is 0 Å². The second-order valence-corrected chi connectivity index (χ2v) is 5.48. The largest absolute Gasteiger partial charge is 0.444 e. The van der Waals surface area contributed by atoms with Gasteiger partial charge < -0.3 is 15.4 Å². The molecule has 0 heterocycles. The Hall–Kier alpha value is -2.51. The molecule has 0 saturated carbocycles. The van der Waals surface area contributed by atoms with Crippen LogP contribution in [0.4, 0.5) is 14.9 Å². The molecule has 0 fully saturated rings. The average molecular weight is 312 g/mol. The minimum absolute atomic E-state index is 0.0287. The van der Waals surface area contributed by atoms with E-state index in [4.69, 9.17) is 4.74 Å². The normalized spacial score (nSPS) is 10.7. The maximum atomic E-state index is 13.1. The van der Waals surface area contributed by atoms with Crippen molar-refractivity contribution in [2.24, 2.45) is 0 Å². The number of halogens is 1. The summed E-state index contributed by atoms with van der Waals surface area (Å²) in [5.41, 5.74) is -0.741. The summed E-state index contributed by atoms with van der Waals surface area (Å²) in [6, 6.07) is 3.20. The zero-order valence-corrected chi connectivity index (χ0v) is 12.7. The molecular weight excluding hydrogens is 293 g/mol. The third-order valence-corrected chi connectivity index (χ3v) is 2.41. The number of rotatable bonds is 5. The van der Waals surface area contributed by atoms with Gasteiger partial charge in [-0.05, 0) is 32.9 Å². The Kier molecular flexibility index (Phi) is 5.97. The molecule has 7 nitrogen and oxygen atoms in total. The summed E-state index contributed by atoms with van der Waals surface area (Å²) in [5, 5.41) is 6.49. The first kappa shape index (κ1) is 17.5. The topological polar surface area (TPSA) is 98.5 Å². The number of hydrogen-bond donors (Lipinski definition) is 3. The van der Waals surface area contributed by atoms with Crippen molar-refractivity contribution in [3.05, 3.63) is 34.5 Å². The third-order valence-electron chi connectivity index (χ3n) is 2.41. The molecule has 2 amide bonds. The second-order valence-electron chi connectivity index (χ2n) is 5.48. The van der Waals surface area contributed by atoms with Crippen LogP contribution in [0.3, 0.4) is 0 Å². The van der Waals surface area contributed by atoms with E-state index >= 15 is 0 Å². The molecule has 0 spiro atoms. The van der Waals surface area contributed by atoms with E-state index in [0.717, 1.165) is 12.1 Å². The fourth-order valence-corrected chi connectivity index (χ4v) is 1.54. The molecule has 0 unspecified atom stereocenters. The third kappa shape index (κ3) is 5.86. The molecule has 3 N–H and O–H groups in total. The second kappa shape index (κ2) is 7.48. The van der Waals surface area contributed by atoms with Crippen LogP contribution in [0.25, 0.3) is 0 Å². The van der Waals surface area contributed by atoms with Gasteiger partial charge in [0, 0.05) is 29.2 Å². The average Bonchev–Trinajstić information content (AvgIpc) is 2.41. The van der Waals surface area contributed by atoms with Gasteiger partial charge in [0.1, 0.15) is 17.0 Å². The lowest BCUT2D eigenvalue weighted by Gasteiger charge is -2.19. The molecule has 0 aliphatic heterocycles. The minimum Gasteiger partial charge on any atom is -0.444 e. The molecular formula is C14H19FN3O4+. The van der Waals surface area contributed by atoms with Crippen molar-refractivity contribution in [2.45, 2.75) is 26.4 Å². The monoisotopic (exact) mass is 312 g/mol. The van der Waals surface area contributed by atoms with Gasteiger partial charge in [0.15, 0.2) is 0 Å². The van der Waals surface area contributed by atoms with Crippen molar-refractivity contribution in [3.8, 4) is 0 Å². The van der Waals surface area contributed by atoms with Gasteiger partial charge in [0.25, 0.3) is 11.6 Å². The molecule has 120 valence electrons. The van der Waals surface area contributed by atoms with E-state index in [1.165, 1.54) is 6.07 Å². The van der Waals surface area contributed by atoms with Gasteiger partial charge in [-0.25, -0.2) is 9.18 Å². The van der Waals surface area contributed by atoms with E-state index in [2.05, 4.69) is 10.6 Å². The van der Waals surface area contributed by atoms with Crippen LogP contribution >= 0.6 is 0 Å². The summed E-state index contributed by atoms with van der Waals surface area (Å²) in [7, 11) is 0. The predicted molar refractivity (Wildman–Crippen MR) is 77.0 cm³/mol. The van der Waals surface area contributed by atoms with Gasteiger partial charge in [0.2, 0.25) is 0 Å².